The number of carbonyl (C=O) groups excluding carboxylic acids is 1. The average Bonchev–Trinajstić information content (AvgIpc) is 3.28. The van der Waals surface area contributed by atoms with E-state index in [2.05, 4.69) is 21.6 Å². The van der Waals surface area contributed by atoms with Crippen molar-refractivity contribution in [2.45, 2.75) is 18.8 Å². The van der Waals surface area contributed by atoms with Crippen LogP contribution in [0.3, 0.4) is 0 Å². The van der Waals surface area contributed by atoms with Gasteiger partial charge in [-0.05, 0) is 55.3 Å². The summed E-state index contributed by atoms with van der Waals surface area (Å²) in [5, 5.41) is 4.56. The Bertz CT molecular complexity index is 1610. The molecule has 0 unspecified atom stereocenters. The third-order valence-electron chi connectivity index (χ3n) is 4.92. The highest BCUT2D eigenvalue weighted by Gasteiger charge is 2.28. The molecule has 5 rings (SSSR count). The molecule has 3 heterocycles. The first-order valence-electron chi connectivity index (χ1n) is 13.5. The first-order chi connectivity index (χ1) is 18.7. The van der Waals surface area contributed by atoms with E-state index >= 15 is 0 Å². The molecule has 1 aliphatic heterocycles. The van der Waals surface area contributed by atoms with Gasteiger partial charge in [0, 0.05) is 24.0 Å². The molecule has 1 saturated heterocycles. The molecule has 0 bridgehead atoms. The Hall–Kier alpha value is -4.20. The summed E-state index contributed by atoms with van der Waals surface area (Å²) in [6.45, 7) is -2.74. The quantitative estimate of drug-likeness (QED) is 0.460. The van der Waals surface area contributed by atoms with Crippen molar-refractivity contribution in [2.24, 2.45) is 0 Å². The number of carbonyl (C=O) groups is 1. The number of benzene rings is 2. The number of likely N-dealkylation sites (tertiary alicyclic amines) is 1. The summed E-state index contributed by atoms with van der Waals surface area (Å²) in [5.74, 6) is -0.0626. The van der Waals surface area contributed by atoms with Crippen LogP contribution in [0.25, 0.3) is 22.3 Å². The SMILES string of the molecule is [2H]C1([2H])CC([2H])([2H])[C@@]([2H])(n2nc(-c3ccc(Oc4ccccc4)cc3)c3c(N)ncnc32)C([2H])([2H])N1C(=O)C=C. The maximum atomic E-state index is 12.7. The third kappa shape index (κ3) is 4.03. The second-order valence-corrected chi connectivity index (χ2v) is 7.01. The number of piperidine rings is 1. The first kappa shape index (κ1) is 14.1. The summed E-state index contributed by atoms with van der Waals surface area (Å²) in [5.41, 5.74) is 6.60. The van der Waals surface area contributed by atoms with Gasteiger partial charge in [-0.3, -0.25) is 4.79 Å². The Morgan fingerprint density at radius 2 is 1.94 bits per heavy atom. The highest BCUT2D eigenvalue weighted by atomic mass is 16.5. The smallest absolute Gasteiger partial charge is 0.246 e. The molecule has 33 heavy (non-hydrogen) atoms. The maximum Gasteiger partial charge on any atom is 0.246 e. The fourth-order valence-electron chi connectivity index (χ4n) is 3.37. The molecule has 0 spiro atoms. The van der Waals surface area contributed by atoms with Crippen molar-refractivity contribution in [1.29, 1.82) is 0 Å². The molecule has 1 amide bonds. The van der Waals surface area contributed by atoms with E-state index in [9.17, 15) is 6.17 Å². The van der Waals surface area contributed by atoms with Crippen LogP contribution in [0.15, 0.2) is 73.6 Å². The number of hydrogen-bond acceptors (Lipinski definition) is 6. The second-order valence-electron chi connectivity index (χ2n) is 7.01. The van der Waals surface area contributed by atoms with Crippen LogP contribution in [0, 0.1) is 0 Å². The van der Waals surface area contributed by atoms with Crippen LogP contribution in [0.5, 0.6) is 11.5 Å². The van der Waals surface area contributed by atoms with Gasteiger partial charge >= 0.3 is 0 Å². The standard InChI is InChI=1S/C25H24N6O2/c1-2-21(32)30-14-6-7-18(15-30)31-25-22(24(26)27-16-28-25)23(29-31)17-10-12-20(13-11-17)33-19-8-4-3-5-9-19/h2-5,8-13,16,18H,1,6-7,14-15H2,(H2,26,27,28)/t18-/m1/s1/i7D2,14D2,15D2,18D. The highest BCUT2D eigenvalue weighted by molar-refractivity contribution is 5.98. The van der Waals surface area contributed by atoms with E-state index in [1.165, 1.54) is 0 Å². The van der Waals surface area contributed by atoms with E-state index in [4.69, 9.17) is 18.7 Å². The molecule has 2 aromatic carbocycles. The van der Waals surface area contributed by atoms with Crippen molar-refractivity contribution in [3.8, 4) is 22.8 Å². The number of hydrogen-bond donors (Lipinski definition) is 1. The Balaban J connectivity index is 1.69. The highest BCUT2D eigenvalue weighted by Crippen LogP contribution is 2.34. The van der Waals surface area contributed by atoms with Gasteiger partial charge in [0.25, 0.3) is 0 Å². The van der Waals surface area contributed by atoms with E-state index in [0.29, 0.717) is 23.1 Å². The molecule has 0 aliphatic carbocycles. The Kier molecular flexibility index (Phi) is 3.72. The van der Waals surface area contributed by atoms with Crippen molar-refractivity contribution >= 4 is 22.8 Å². The topological polar surface area (TPSA) is 99.2 Å². The Labute approximate surface area is 201 Å². The van der Waals surface area contributed by atoms with Crippen molar-refractivity contribution in [2.75, 3.05) is 18.7 Å². The summed E-state index contributed by atoms with van der Waals surface area (Å²) >= 11 is 0. The van der Waals surface area contributed by atoms with E-state index in [0.717, 1.165) is 11.0 Å². The zero-order chi connectivity index (χ0) is 29.1. The minimum atomic E-state index is -3.27. The Morgan fingerprint density at radius 3 is 2.70 bits per heavy atom. The lowest BCUT2D eigenvalue weighted by atomic mass is 10.1. The molecule has 0 saturated carbocycles. The van der Waals surface area contributed by atoms with Gasteiger partial charge in [-0.2, -0.15) is 5.10 Å². The summed E-state index contributed by atoms with van der Waals surface area (Å²) in [6.07, 6.45) is -2.13. The molecule has 166 valence electrons. The average molecular weight is 448 g/mol. The second kappa shape index (κ2) is 8.74. The van der Waals surface area contributed by atoms with Crippen molar-refractivity contribution in [3.05, 3.63) is 73.6 Å². The zero-order valence-electron chi connectivity index (χ0n) is 24.4. The maximum absolute atomic E-state index is 12.7. The molecule has 1 fully saturated rings. The minimum absolute atomic E-state index is 0.0502. The largest absolute Gasteiger partial charge is 0.457 e. The van der Waals surface area contributed by atoms with Crippen molar-refractivity contribution in [1.82, 2.24) is 24.6 Å². The van der Waals surface area contributed by atoms with Gasteiger partial charge in [0.15, 0.2) is 5.65 Å². The minimum Gasteiger partial charge on any atom is -0.457 e. The predicted molar refractivity (Wildman–Crippen MR) is 127 cm³/mol. The molecule has 1 aliphatic rings. The van der Waals surface area contributed by atoms with Gasteiger partial charge in [0.05, 0.1) is 15.5 Å². The molecule has 4 aromatic rings. The van der Waals surface area contributed by atoms with Crippen LogP contribution in [-0.2, 0) is 4.79 Å². The van der Waals surface area contributed by atoms with Gasteiger partial charge in [0.1, 0.15) is 29.3 Å². The summed E-state index contributed by atoms with van der Waals surface area (Å²) in [6, 6.07) is 12.8. The summed E-state index contributed by atoms with van der Waals surface area (Å²) < 4.78 is 67.3. The fraction of sp³-hybridized carbons (Fsp3) is 0.200. The van der Waals surface area contributed by atoms with E-state index < -0.39 is 37.7 Å². The lowest BCUT2D eigenvalue weighted by molar-refractivity contribution is -0.127. The monoisotopic (exact) mass is 447 g/mol. The number of aromatic nitrogens is 4. The number of fused-ring (bicyclic) bond motifs is 1. The molecule has 2 aromatic heterocycles. The van der Waals surface area contributed by atoms with Gasteiger partial charge in [-0.25, -0.2) is 14.6 Å². The molecular weight excluding hydrogens is 416 g/mol. The van der Waals surface area contributed by atoms with Crippen molar-refractivity contribution < 1.29 is 19.1 Å². The number of nitrogens with zero attached hydrogens (tertiary/aromatic N) is 5. The normalized spacial score (nSPS) is 25.9. The molecule has 8 heteroatoms. The molecule has 8 nitrogen and oxygen atoms in total. The number of ether oxygens (including phenoxy) is 1. The van der Waals surface area contributed by atoms with Crippen LogP contribution in [0.4, 0.5) is 5.82 Å². The van der Waals surface area contributed by atoms with Crippen LogP contribution in [-0.4, -0.2) is 43.5 Å². The molecular formula is C25H24N6O2. The first-order valence-corrected chi connectivity index (χ1v) is 10.0. The van der Waals surface area contributed by atoms with Crippen LogP contribution in [0.2, 0.25) is 0 Å². The number of nitrogens with two attached hydrogens (primary N) is 1. The molecule has 2 N–H and O–H groups in total. The lowest BCUT2D eigenvalue weighted by Crippen LogP contribution is -2.40. The number of rotatable bonds is 5. The number of para-hydroxylation sites is 1. The number of anilines is 1. The zero-order valence-corrected chi connectivity index (χ0v) is 17.4. The van der Waals surface area contributed by atoms with Crippen molar-refractivity contribution in [3.63, 3.8) is 0 Å². The van der Waals surface area contributed by atoms with E-state index in [1.54, 1.807) is 36.4 Å². The van der Waals surface area contributed by atoms with Crippen LogP contribution < -0.4 is 10.5 Å². The summed E-state index contributed by atoms with van der Waals surface area (Å²) in [7, 11) is 0. The fourth-order valence-corrected chi connectivity index (χ4v) is 3.37. The van der Waals surface area contributed by atoms with E-state index in [1.807, 2.05) is 18.2 Å². The number of amides is 1. The Morgan fingerprint density at radius 1 is 1.18 bits per heavy atom. The molecule has 0 radical (unpaired) electrons. The van der Waals surface area contributed by atoms with Gasteiger partial charge in [-0.1, -0.05) is 24.8 Å². The lowest BCUT2D eigenvalue weighted by Gasteiger charge is -2.32. The van der Waals surface area contributed by atoms with E-state index in [-0.39, 0.29) is 27.4 Å². The predicted octanol–water partition coefficient (Wildman–Crippen LogP) is 4.22. The number of nitrogen functional groups attached to an aromatic ring is 1. The van der Waals surface area contributed by atoms with Gasteiger partial charge in [0.2, 0.25) is 5.91 Å². The van der Waals surface area contributed by atoms with Gasteiger partial charge < -0.3 is 15.4 Å². The molecule has 1 atom stereocenters. The van der Waals surface area contributed by atoms with Crippen LogP contribution >= 0.6 is 0 Å². The third-order valence-corrected chi connectivity index (χ3v) is 4.92. The summed E-state index contributed by atoms with van der Waals surface area (Å²) in [4.78, 5) is 21.0. The van der Waals surface area contributed by atoms with Gasteiger partial charge in [-0.15, -0.1) is 0 Å². The van der Waals surface area contributed by atoms with Crippen LogP contribution in [0.1, 0.15) is 28.4 Å².